The highest BCUT2D eigenvalue weighted by atomic mass is 19.1. The fourth-order valence-corrected chi connectivity index (χ4v) is 2.95. The summed E-state index contributed by atoms with van der Waals surface area (Å²) in [5, 5.41) is 8.00. The third-order valence-corrected chi connectivity index (χ3v) is 4.42. The summed E-state index contributed by atoms with van der Waals surface area (Å²) in [6.07, 6.45) is 1.83. The van der Waals surface area contributed by atoms with E-state index < -0.39 is 0 Å². The van der Waals surface area contributed by atoms with Crippen molar-refractivity contribution >= 4 is 11.5 Å². The molecule has 0 aliphatic carbocycles. The molecule has 4 rings (SSSR count). The minimum absolute atomic E-state index is 0.0676. The maximum absolute atomic E-state index is 13.4. The van der Waals surface area contributed by atoms with Gasteiger partial charge in [0, 0.05) is 5.56 Å². The maximum atomic E-state index is 13.4. The molecule has 0 unspecified atom stereocenters. The number of nitrogens with zero attached hydrogens (tertiary/aromatic N) is 3. The predicted octanol–water partition coefficient (Wildman–Crippen LogP) is 5.02. The van der Waals surface area contributed by atoms with E-state index in [1.807, 2.05) is 35.8 Å². The van der Waals surface area contributed by atoms with Crippen LogP contribution < -0.4 is 5.32 Å². The van der Waals surface area contributed by atoms with Gasteiger partial charge in [0.15, 0.2) is 5.65 Å². The van der Waals surface area contributed by atoms with E-state index in [-0.39, 0.29) is 11.9 Å². The number of hydrogen-bond acceptors (Lipinski definition) is 3. The van der Waals surface area contributed by atoms with Crippen molar-refractivity contribution in [2.24, 2.45) is 0 Å². The Morgan fingerprint density at radius 2 is 1.85 bits per heavy atom. The summed E-state index contributed by atoms with van der Waals surface area (Å²) in [5.41, 5.74) is 4.86. The lowest BCUT2D eigenvalue weighted by Crippen LogP contribution is -2.09. The molecule has 130 valence electrons. The smallest absolute Gasteiger partial charge is 0.154 e. The molecule has 5 heteroatoms. The van der Waals surface area contributed by atoms with E-state index in [9.17, 15) is 4.39 Å². The standard InChI is InChI=1S/C21H19FN4/c1-14-6-8-16(9-7-14)19-13-23-21-11-10-20(25-26(19)21)24-15(2)17-4-3-5-18(22)12-17/h3-13,15H,1-2H3,(H,24,25)/t15-/m1/s1. The summed E-state index contributed by atoms with van der Waals surface area (Å²) >= 11 is 0. The van der Waals surface area contributed by atoms with Crippen LogP contribution >= 0.6 is 0 Å². The van der Waals surface area contributed by atoms with Gasteiger partial charge in [0.25, 0.3) is 0 Å². The van der Waals surface area contributed by atoms with Crippen LogP contribution in [0.4, 0.5) is 10.2 Å². The second-order valence-electron chi connectivity index (χ2n) is 6.42. The van der Waals surface area contributed by atoms with Crippen molar-refractivity contribution in [1.82, 2.24) is 14.6 Å². The SMILES string of the molecule is Cc1ccc(-c2cnc3ccc(N[C@H](C)c4cccc(F)c4)nn23)cc1. The molecule has 0 radical (unpaired) electrons. The molecule has 0 saturated heterocycles. The van der Waals surface area contributed by atoms with Crippen LogP contribution in [0, 0.1) is 12.7 Å². The van der Waals surface area contributed by atoms with Crippen molar-refractivity contribution in [3.05, 3.63) is 83.8 Å². The van der Waals surface area contributed by atoms with Gasteiger partial charge in [-0.25, -0.2) is 13.9 Å². The maximum Gasteiger partial charge on any atom is 0.154 e. The Morgan fingerprint density at radius 3 is 2.62 bits per heavy atom. The number of imidazole rings is 1. The third kappa shape index (κ3) is 3.16. The summed E-state index contributed by atoms with van der Waals surface area (Å²) in [5.74, 6) is 0.469. The summed E-state index contributed by atoms with van der Waals surface area (Å²) in [6.45, 7) is 4.04. The first-order valence-electron chi connectivity index (χ1n) is 8.54. The molecule has 2 aromatic heterocycles. The van der Waals surface area contributed by atoms with Crippen molar-refractivity contribution in [3.8, 4) is 11.3 Å². The average Bonchev–Trinajstić information content (AvgIpc) is 3.05. The summed E-state index contributed by atoms with van der Waals surface area (Å²) in [7, 11) is 0. The lowest BCUT2D eigenvalue weighted by atomic mass is 10.1. The van der Waals surface area contributed by atoms with Crippen LogP contribution in [0.5, 0.6) is 0 Å². The van der Waals surface area contributed by atoms with Gasteiger partial charge in [-0.2, -0.15) is 0 Å². The van der Waals surface area contributed by atoms with Crippen molar-refractivity contribution in [2.45, 2.75) is 19.9 Å². The monoisotopic (exact) mass is 346 g/mol. The normalized spacial score (nSPS) is 12.3. The van der Waals surface area contributed by atoms with Crippen LogP contribution in [0.15, 0.2) is 66.9 Å². The van der Waals surface area contributed by atoms with E-state index in [1.165, 1.54) is 17.7 Å². The number of aromatic nitrogens is 3. The van der Waals surface area contributed by atoms with Gasteiger partial charge in [-0.3, -0.25) is 0 Å². The van der Waals surface area contributed by atoms with Gasteiger partial charge in [0.1, 0.15) is 11.6 Å². The molecular weight excluding hydrogens is 327 g/mol. The van der Waals surface area contributed by atoms with Crippen LogP contribution in [0.1, 0.15) is 24.1 Å². The van der Waals surface area contributed by atoms with Crippen molar-refractivity contribution in [2.75, 3.05) is 5.32 Å². The van der Waals surface area contributed by atoms with Gasteiger partial charge in [0.2, 0.25) is 0 Å². The van der Waals surface area contributed by atoms with Crippen molar-refractivity contribution in [3.63, 3.8) is 0 Å². The highest BCUT2D eigenvalue weighted by Gasteiger charge is 2.11. The number of fused-ring (bicyclic) bond motifs is 1. The molecule has 0 aliphatic heterocycles. The van der Waals surface area contributed by atoms with Gasteiger partial charge in [-0.15, -0.1) is 5.10 Å². The van der Waals surface area contributed by atoms with E-state index in [0.717, 1.165) is 22.5 Å². The molecule has 26 heavy (non-hydrogen) atoms. The number of halogens is 1. The van der Waals surface area contributed by atoms with E-state index in [4.69, 9.17) is 0 Å². The first kappa shape index (κ1) is 16.3. The first-order chi connectivity index (χ1) is 12.6. The zero-order chi connectivity index (χ0) is 18.1. The minimum Gasteiger partial charge on any atom is -0.362 e. The van der Waals surface area contributed by atoms with E-state index in [0.29, 0.717) is 5.82 Å². The van der Waals surface area contributed by atoms with Gasteiger partial charge in [0.05, 0.1) is 17.9 Å². The first-order valence-corrected chi connectivity index (χ1v) is 8.54. The molecule has 0 amide bonds. The van der Waals surface area contributed by atoms with Crippen LogP contribution in [0.2, 0.25) is 0 Å². The molecule has 2 aromatic carbocycles. The summed E-state index contributed by atoms with van der Waals surface area (Å²) < 4.78 is 15.3. The highest BCUT2D eigenvalue weighted by molar-refractivity contribution is 5.64. The van der Waals surface area contributed by atoms with Gasteiger partial charge < -0.3 is 5.32 Å². The number of hydrogen-bond donors (Lipinski definition) is 1. The quantitative estimate of drug-likeness (QED) is 0.564. The lowest BCUT2D eigenvalue weighted by molar-refractivity contribution is 0.623. The number of anilines is 1. The highest BCUT2D eigenvalue weighted by Crippen LogP contribution is 2.23. The van der Waals surface area contributed by atoms with Crippen molar-refractivity contribution < 1.29 is 4.39 Å². The van der Waals surface area contributed by atoms with Crippen LogP contribution in [-0.2, 0) is 0 Å². The predicted molar refractivity (Wildman–Crippen MR) is 102 cm³/mol. The fraction of sp³-hybridized carbons (Fsp3) is 0.143. The molecule has 1 N–H and O–H groups in total. The zero-order valence-electron chi connectivity index (χ0n) is 14.6. The molecule has 0 aliphatic rings. The second-order valence-corrected chi connectivity index (χ2v) is 6.42. The molecule has 1 atom stereocenters. The van der Waals surface area contributed by atoms with E-state index in [2.05, 4.69) is 46.6 Å². The molecule has 0 fully saturated rings. The zero-order valence-corrected chi connectivity index (χ0v) is 14.6. The lowest BCUT2D eigenvalue weighted by Gasteiger charge is -2.15. The summed E-state index contributed by atoms with van der Waals surface area (Å²) in [6, 6.07) is 18.6. The number of nitrogens with one attached hydrogen (secondary N) is 1. The van der Waals surface area contributed by atoms with Crippen molar-refractivity contribution in [1.29, 1.82) is 0 Å². The van der Waals surface area contributed by atoms with E-state index >= 15 is 0 Å². The van der Waals surface area contributed by atoms with Gasteiger partial charge in [-0.1, -0.05) is 42.0 Å². The van der Waals surface area contributed by atoms with Crippen LogP contribution in [-0.4, -0.2) is 14.6 Å². The summed E-state index contributed by atoms with van der Waals surface area (Å²) in [4.78, 5) is 4.43. The Kier molecular flexibility index (Phi) is 4.13. The van der Waals surface area contributed by atoms with Gasteiger partial charge >= 0.3 is 0 Å². The van der Waals surface area contributed by atoms with Crippen LogP contribution in [0.25, 0.3) is 16.9 Å². The van der Waals surface area contributed by atoms with E-state index in [1.54, 1.807) is 6.07 Å². The number of benzene rings is 2. The Balaban J connectivity index is 1.66. The minimum atomic E-state index is -0.240. The molecule has 0 spiro atoms. The largest absolute Gasteiger partial charge is 0.362 e. The number of aryl methyl sites for hydroxylation is 1. The Morgan fingerprint density at radius 1 is 1.04 bits per heavy atom. The fourth-order valence-electron chi connectivity index (χ4n) is 2.95. The topological polar surface area (TPSA) is 42.2 Å². The average molecular weight is 346 g/mol. The molecule has 4 nitrogen and oxygen atoms in total. The molecule has 4 aromatic rings. The van der Waals surface area contributed by atoms with Crippen LogP contribution in [0.3, 0.4) is 0 Å². The Hall–Kier alpha value is -3.21. The molecular formula is C21H19FN4. The second kappa shape index (κ2) is 6.59. The third-order valence-electron chi connectivity index (χ3n) is 4.42. The Bertz CT molecular complexity index is 1050. The molecule has 0 saturated carbocycles. The molecule has 0 bridgehead atoms. The molecule has 2 heterocycles. The number of rotatable bonds is 4. The van der Waals surface area contributed by atoms with Gasteiger partial charge in [-0.05, 0) is 43.7 Å². The Labute approximate surface area is 151 Å².